The normalized spacial score (nSPS) is 10.7. The van der Waals surface area contributed by atoms with Crippen LogP contribution in [-0.2, 0) is 0 Å². The maximum absolute atomic E-state index is 13.3. The van der Waals surface area contributed by atoms with Gasteiger partial charge in [-0.3, -0.25) is 15.5 Å². The number of hydrogen-bond acceptors (Lipinski definition) is 4. The van der Waals surface area contributed by atoms with Gasteiger partial charge in [0.05, 0.1) is 22.4 Å². The third-order valence-corrected chi connectivity index (χ3v) is 2.44. The highest BCUT2D eigenvalue weighted by Crippen LogP contribution is 2.17. The van der Waals surface area contributed by atoms with Crippen molar-refractivity contribution in [2.45, 2.75) is 0 Å². The number of anilines is 1. The molecule has 0 aliphatic carbocycles. The van der Waals surface area contributed by atoms with Crippen LogP contribution in [0.15, 0.2) is 47.6 Å². The minimum Gasteiger partial charge on any atom is -0.278 e. The molecule has 5 nitrogen and oxygen atoms in total. The van der Waals surface area contributed by atoms with Crippen LogP contribution in [0.5, 0.6) is 0 Å². The predicted molar refractivity (Wildman–Crippen MR) is 70.7 cm³/mol. The van der Waals surface area contributed by atoms with Crippen molar-refractivity contribution in [3.63, 3.8) is 0 Å². The predicted octanol–water partition coefficient (Wildman–Crippen LogP) is 3.32. The molecule has 0 radical (unpaired) electrons. The molecule has 20 heavy (non-hydrogen) atoms. The summed E-state index contributed by atoms with van der Waals surface area (Å²) in [4.78, 5) is 10.0. The van der Waals surface area contributed by atoms with E-state index in [0.717, 1.165) is 18.3 Å². The summed E-state index contributed by atoms with van der Waals surface area (Å²) < 4.78 is 26.6. The van der Waals surface area contributed by atoms with Crippen molar-refractivity contribution in [3.05, 3.63) is 69.8 Å². The highest BCUT2D eigenvalue weighted by molar-refractivity contribution is 5.81. The van der Waals surface area contributed by atoms with Gasteiger partial charge in [-0.1, -0.05) is 12.1 Å². The van der Waals surface area contributed by atoms with E-state index in [1.54, 1.807) is 6.07 Å². The van der Waals surface area contributed by atoms with E-state index in [-0.39, 0.29) is 11.3 Å². The lowest BCUT2D eigenvalue weighted by Gasteiger charge is -2.01. The summed E-state index contributed by atoms with van der Waals surface area (Å²) in [7, 11) is 0. The molecule has 2 aromatic carbocycles. The number of non-ortho nitro benzene ring substituents is 1. The van der Waals surface area contributed by atoms with E-state index in [1.807, 2.05) is 0 Å². The van der Waals surface area contributed by atoms with E-state index in [0.29, 0.717) is 5.69 Å². The number of nitro groups is 1. The molecule has 0 bridgehead atoms. The van der Waals surface area contributed by atoms with Crippen molar-refractivity contribution in [2.24, 2.45) is 5.10 Å². The van der Waals surface area contributed by atoms with Crippen molar-refractivity contribution in [1.29, 1.82) is 0 Å². The second kappa shape index (κ2) is 5.87. The highest BCUT2D eigenvalue weighted by Gasteiger charge is 2.06. The lowest BCUT2D eigenvalue weighted by Crippen LogP contribution is -1.97. The molecule has 0 aromatic heterocycles. The molecular weight excluding hydrogens is 268 g/mol. The van der Waals surface area contributed by atoms with Gasteiger partial charge >= 0.3 is 0 Å². The summed E-state index contributed by atoms with van der Waals surface area (Å²) in [5.74, 6) is -1.48. The number of hydrogen-bond donors (Lipinski definition) is 1. The summed E-state index contributed by atoms with van der Waals surface area (Å²) >= 11 is 0. The first-order valence-electron chi connectivity index (χ1n) is 5.55. The molecule has 0 saturated carbocycles. The zero-order chi connectivity index (χ0) is 14.5. The standard InChI is InChI=1S/C13H9F2N3O2/c14-12-5-2-6-13(15)11(12)8-16-17-9-3-1-4-10(7-9)18(19)20/h1-8,17H/b16-8-. The van der Waals surface area contributed by atoms with Gasteiger partial charge in [0.15, 0.2) is 0 Å². The van der Waals surface area contributed by atoms with Gasteiger partial charge in [-0.05, 0) is 18.2 Å². The smallest absolute Gasteiger partial charge is 0.271 e. The van der Waals surface area contributed by atoms with Crippen LogP contribution in [0.2, 0.25) is 0 Å². The Morgan fingerprint density at radius 2 is 1.80 bits per heavy atom. The van der Waals surface area contributed by atoms with Crippen molar-refractivity contribution in [2.75, 3.05) is 5.43 Å². The van der Waals surface area contributed by atoms with Crippen LogP contribution < -0.4 is 5.43 Å². The van der Waals surface area contributed by atoms with Gasteiger partial charge in [0.2, 0.25) is 0 Å². The van der Waals surface area contributed by atoms with Crippen LogP contribution in [0, 0.1) is 21.7 Å². The second-order valence-electron chi connectivity index (χ2n) is 3.81. The van der Waals surface area contributed by atoms with E-state index in [2.05, 4.69) is 10.5 Å². The van der Waals surface area contributed by atoms with Gasteiger partial charge in [0.1, 0.15) is 11.6 Å². The molecule has 0 amide bonds. The Hall–Kier alpha value is -2.83. The lowest BCUT2D eigenvalue weighted by molar-refractivity contribution is -0.384. The number of rotatable bonds is 4. The monoisotopic (exact) mass is 277 g/mol. The molecule has 1 N–H and O–H groups in total. The molecule has 0 fully saturated rings. The number of nitrogens with one attached hydrogen (secondary N) is 1. The van der Waals surface area contributed by atoms with Crippen LogP contribution in [-0.4, -0.2) is 11.1 Å². The maximum Gasteiger partial charge on any atom is 0.271 e. The van der Waals surface area contributed by atoms with Crippen molar-refractivity contribution >= 4 is 17.6 Å². The Labute approximate surface area is 112 Å². The average molecular weight is 277 g/mol. The molecule has 0 spiro atoms. The number of hydrazone groups is 1. The summed E-state index contributed by atoms with van der Waals surface area (Å²) in [6.45, 7) is 0. The molecule has 102 valence electrons. The first-order valence-corrected chi connectivity index (χ1v) is 5.55. The zero-order valence-electron chi connectivity index (χ0n) is 10.1. The third kappa shape index (κ3) is 3.14. The molecule has 0 aliphatic heterocycles. The van der Waals surface area contributed by atoms with Gasteiger partial charge in [-0.25, -0.2) is 8.78 Å². The van der Waals surface area contributed by atoms with E-state index in [9.17, 15) is 18.9 Å². The Bertz CT molecular complexity index is 654. The SMILES string of the molecule is O=[N+]([O-])c1cccc(N/N=C\c2c(F)cccc2F)c1. The lowest BCUT2D eigenvalue weighted by atomic mass is 10.2. The summed E-state index contributed by atoms with van der Waals surface area (Å²) in [5, 5.41) is 14.2. The third-order valence-electron chi connectivity index (χ3n) is 2.44. The van der Waals surface area contributed by atoms with Crippen LogP contribution >= 0.6 is 0 Å². The molecule has 0 atom stereocenters. The summed E-state index contributed by atoms with van der Waals surface area (Å²) in [5.41, 5.74) is 2.42. The van der Waals surface area contributed by atoms with Crippen LogP contribution in [0.4, 0.5) is 20.2 Å². The number of halogens is 2. The number of nitrogens with zero attached hydrogens (tertiary/aromatic N) is 2. The molecular formula is C13H9F2N3O2. The van der Waals surface area contributed by atoms with E-state index >= 15 is 0 Å². The minimum absolute atomic E-state index is 0.109. The summed E-state index contributed by atoms with van der Waals surface area (Å²) in [6, 6.07) is 9.06. The average Bonchev–Trinajstić information content (AvgIpc) is 2.42. The molecule has 0 aliphatic rings. The first kappa shape index (κ1) is 13.6. The molecule has 0 heterocycles. The summed E-state index contributed by atoms with van der Waals surface area (Å²) in [6.07, 6.45) is 0.976. The van der Waals surface area contributed by atoms with Crippen LogP contribution in [0.1, 0.15) is 5.56 Å². The second-order valence-corrected chi connectivity index (χ2v) is 3.81. The van der Waals surface area contributed by atoms with Gasteiger partial charge in [-0.2, -0.15) is 5.10 Å². The number of nitro benzene ring substituents is 1. The van der Waals surface area contributed by atoms with Crippen molar-refractivity contribution in [1.82, 2.24) is 0 Å². The van der Waals surface area contributed by atoms with E-state index in [4.69, 9.17) is 0 Å². The van der Waals surface area contributed by atoms with Gasteiger partial charge in [0, 0.05) is 12.1 Å². The Kier molecular flexibility index (Phi) is 3.99. The van der Waals surface area contributed by atoms with Crippen molar-refractivity contribution < 1.29 is 13.7 Å². The van der Waals surface area contributed by atoms with Gasteiger partial charge in [0.25, 0.3) is 5.69 Å². The molecule has 2 rings (SSSR count). The van der Waals surface area contributed by atoms with E-state index in [1.165, 1.54) is 24.3 Å². The molecule has 7 heteroatoms. The fourth-order valence-corrected chi connectivity index (χ4v) is 1.49. The first-order chi connectivity index (χ1) is 9.58. The van der Waals surface area contributed by atoms with Gasteiger partial charge in [-0.15, -0.1) is 0 Å². The molecule has 0 saturated heterocycles. The highest BCUT2D eigenvalue weighted by atomic mass is 19.1. The van der Waals surface area contributed by atoms with E-state index < -0.39 is 16.6 Å². The molecule has 2 aromatic rings. The number of benzene rings is 2. The molecule has 0 unspecified atom stereocenters. The Balaban J connectivity index is 2.14. The Morgan fingerprint density at radius 3 is 2.45 bits per heavy atom. The van der Waals surface area contributed by atoms with Gasteiger partial charge < -0.3 is 0 Å². The minimum atomic E-state index is -0.741. The fraction of sp³-hybridized carbons (Fsp3) is 0. The topological polar surface area (TPSA) is 67.5 Å². The maximum atomic E-state index is 13.3. The van der Waals surface area contributed by atoms with Crippen LogP contribution in [0.3, 0.4) is 0 Å². The van der Waals surface area contributed by atoms with Crippen molar-refractivity contribution in [3.8, 4) is 0 Å². The fourth-order valence-electron chi connectivity index (χ4n) is 1.49. The van der Waals surface area contributed by atoms with Crippen LogP contribution in [0.25, 0.3) is 0 Å². The zero-order valence-corrected chi connectivity index (χ0v) is 10.1. The largest absolute Gasteiger partial charge is 0.278 e. The quantitative estimate of drug-likeness (QED) is 0.529. The Morgan fingerprint density at radius 1 is 1.15 bits per heavy atom.